The zero-order valence-corrected chi connectivity index (χ0v) is 9.90. The molecule has 1 aromatic rings. The molecular weight excluding hydrogens is 284 g/mol. The van der Waals surface area contributed by atoms with Crippen molar-refractivity contribution in [2.24, 2.45) is 0 Å². The lowest BCUT2D eigenvalue weighted by Crippen LogP contribution is -2.10. The summed E-state index contributed by atoms with van der Waals surface area (Å²) in [6.45, 7) is 0.961. The summed E-state index contributed by atoms with van der Waals surface area (Å²) < 4.78 is 79.0. The molecule has 0 saturated heterocycles. The normalized spacial score (nSPS) is 12.6. The molecule has 0 heterocycles. The molecule has 5 nitrogen and oxygen atoms in total. The van der Waals surface area contributed by atoms with Crippen LogP contribution in [0.15, 0.2) is 17.0 Å². The second-order valence-electron chi connectivity index (χ2n) is 2.73. The van der Waals surface area contributed by atoms with Gasteiger partial charge in [0.2, 0.25) is 0 Å². The SMILES string of the molecule is C[P+](=O)OOS(=O)(=O)c1c(F)cc(F)cc1F. The van der Waals surface area contributed by atoms with Crippen molar-refractivity contribution < 1.29 is 35.2 Å². The van der Waals surface area contributed by atoms with Gasteiger partial charge in [-0.1, -0.05) is 4.33 Å². The first-order valence-corrected chi connectivity index (χ1v) is 6.94. The summed E-state index contributed by atoms with van der Waals surface area (Å²) >= 11 is 0. The average molecular weight is 289 g/mol. The fourth-order valence-electron chi connectivity index (χ4n) is 0.885. The highest BCUT2D eigenvalue weighted by atomic mass is 32.2. The molecule has 1 atom stereocenters. The number of benzene rings is 1. The van der Waals surface area contributed by atoms with E-state index in [0.717, 1.165) is 6.66 Å². The van der Waals surface area contributed by atoms with E-state index in [1.165, 1.54) is 0 Å². The summed E-state index contributed by atoms with van der Waals surface area (Å²) in [5.41, 5.74) is 0. The van der Waals surface area contributed by atoms with Gasteiger partial charge in [-0.25, -0.2) is 13.2 Å². The summed E-state index contributed by atoms with van der Waals surface area (Å²) in [6, 6.07) is 0.316. The maximum absolute atomic E-state index is 13.1. The van der Waals surface area contributed by atoms with Crippen molar-refractivity contribution in [2.45, 2.75) is 4.90 Å². The van der Waals surface area contributed by atoms with Gasteiger partial charge in [-0.15, -0.1) is 0 Å². The van der Waals surface area contributed by atoms with Crippen molar-refractivity contribution in [3.8, 4) is 0 Å². The van der Waals surface area contributed by atoms with Gasteiger partial charge in [0.25, 0.3) is 0 Å². The van der Waals surface area contributed by atoms with Crippen molar-refractivity contribution in [3.05, 3.63) is 29.6 Å². The van der Waals surface area contributed by atoms with Crippen LogP contribution in [0.1, 0.15) is 0 Å². The van der Waals surface area contributed by atoms with Crippen molar-refractivity contribution >= 4 is 18.1 Å². The van der Waals surface area contributed by atoms with E-state index in [4.69, 9.17) is 0 Å². The smallest absolute Gasteiger partial charge is 0.207 e. The molecule has 10 heteroatoms. The Morgan fingerprint density at radius 3 is 2.06 bits per heavy atom. The molecule has 0 N–H and O–H groups in total. The highest BCUT2D eigenvalue weighted by Crippen LogP contribution is 2.25. The Balaban J connectivity index is 3.20. The summed E-state index contributed by atoms with van der Waals surface area (Å²) in [6.07, 6.45) is 0. The van der Waals surface area contributed by atoms with E-state index in [1.54, 1.807) is 0 Å². The van der Waals surface area contributed by atoms with E-state index in [-0.39, 0.29) is 12.1 Å². The lowest BCUT2D eigenvalue weighted by atomic mass is 10.3. The van der Waals surface area contributed by atoms with E-state index in [9.17, 15) is 26.2 Å². The van der Waals surface area contributed by atoms with Crippen molar-refractivity contribution in [1.29, 1.82) is 0 Å². The third-order valence-corrected chi connectivity index (χ3v) is 2.96. The molecule has 1 rings (SSSR count). The number of hydrogen-bond acceptors (Lipinski definition) is 5. The lowest BCUT2D eigenvalue weighted by molar-refractivity contribution is -0.0837. The quantitative estimate of drug-likeness (QED) is 0.482. The molecule has 0 aliphatic carbocycles. The molecule has 17 heavy (non-hydrogen) atoms. The third kappa shape index (κ3) is 3.47. The van der Waals surface area contributed by atoms with E-state index < -0.39 is 40.5 Å². The lowest BCUT2D eigenvalue weighted by Gasteiger charge is -2.02. The molecule has 1 unspecified atom stereocenters. The Labute approximate surface area is 95.1 Å². The first kappa shape index (κ1) is 14.0. The third-order valence-electron chi connectivity index (χ3n) is 1.44. The molecule has 1 aromatic carbocycles. The van der Waals surface area contributed by atoms with Gasteiger partial charge in [-0.3, -0.25) is 0 Å². The molecule has 0 aromatic heterocycles. The van der Waals surface area contributed by atoms with Gasteiger partial charge in [0, 0.05) is 16.8 Å². The van der Waals surface area contributed by atoms with Crippen LogP contribution in [0.3, 0.4) is 0 Å². The van der Waals surface area contributed by atoms with E-state index in [1.807, 2.05) is 0 Å². The van der Waals surface area contributed by atoms with Crippen LogP contribution in [0.25, 0.3) is 0 Å². The molecule has 0 saturated carbocycles. The minimum atomic E-state index is -4.96. The van der Waals surface area contributed by atoms with Crippen LogP contribution in [-0.2, 0) is 23.7 Å². The number of rotatable bonds is 4. The Kier molecular flexibility index (Phi) is 4.21. The van der Waals surface area contributed by atoms with E-state index in [0.29, 0.717) is 0 Å². The highest BCUT2D eigenvalue weighted by molar-refractivity contribution is 7.86. The largest absolute Gasteiger partial charge is 0.537 e. The molecule has 0 bridgehead atoms. The predicted octanol–water partition coefficient (Wildman–Crippen LogP) is 2.11. The van der Waals surface area contributed by atoms with Crippen molar-refractivity contribution in [2.75, 3.05) is 6.66 Å². The van der Waals surface area contributed by atoms with Gasteiger partial charge in [0.1, 0.15) is 17.5 Å². The van der Waals surface area contributed by atoms with Gasteiger partial charge >= 0.3 is 18.1 Å². The Morgan fingerprint density at radius 1 is 1.18 bits per heavy atom. The summed E-state index contributed by atoms with van der Waals surface area (Å²) in [5.74, 6) is -4.66. The zero-order chi connectivity index (χ0) is 13.2. The van der Waals surface area contributed by atoms with Crippen LogP contribution in [0.2, 0.25) is 0 Å². The molecule has 0 amide bonds. The Hall–Kier alpha value is -1.02. The zero-order valence-electron chi connectivity index (χ0n) is 8.19. The van der Waals surface area contributed by atoms with Gasteiger partial charge in [-0.2, -0.15) is 8.42 Å². The molecule has 0 spiro atoms. The Bertz CT molecular complexity index is 536. The van der Waals surface area contributed by atoms with Crippen molar-refractivity contribution in [3.63, 3.8) is 0 Å². The number of hydrogen-bond donors (Lipinski definition) is 0. The first-order chi connectivity index (χ1) is 7.74. The van der Waals surface area contributed by atoms with Gasteiger partial charge in [0.15, 0.2) is 11.6 Å². The minimum Gasteiger partial charge on any atom is -0.207 e. The van der Waals surface area contributed by atoms with Crippen LogP contribution in [-0.4, -0.2) is 15.1 Å². The maximum Gasteiger partial charge on any atom is 0.537 e. The first-order valence-electron chi connectivity index (χ1n) is 3.90. The molecule has 0 aliphatic rings. The standard InChI is InChI=1S/C7H5F3O5PS/c1-16(11)14-15-17(12,13)7-5(9)2-4(8)3-6(7)10/h2-3H,1H3/q+1. The van der Waals surface area contributed by atoms with E-state index in [2.05, 4.69) is 9.01 Å². The second-order valence-corrected chi connectivity index (χ2v) is 5.22. The average Bonchev–Trinajstić information content (AvgIpc) is 2.12. The minimum absolute atomic E-state index is 0.158. The van der Waals surface area contributed by atoms with Gasteiger partial charge < -0.3 is 0 Å². The van der Waals surface area contributed by atoms with Crippen LogP contribution in [0, 0.1) is 17.5 Å². The summed E-state index contributed by atoms with van der Waals surface area (Å²) in [5, 5.41) is 0. The van der Waals surface area contributed by atoms with Gasteiger partial charge in [-0.05, 0) is 4.57 Å². The fourth-order valence-corrected chi connectivity index (χ4v) is 2.21. The van der Waals surface area contributed by atoms with E-state index >= 15 is 0 Å². The highest BCUT2D eigenvalue weighted by Gasteiger charge is 2.30. The maximum atomic E-state index is 13.1. The summed E-state index contributed by atoms with van der Waals surface area (Å²) in [4.78, 5) is -1.52. The van der Waals surface area contributed by atoms with Crippen molar-refractivity contribution in [1.82, 2.24) is 0 Å². The van der Waals surface area contributed by atoms with Crippen LogP contribution >= 0.6 is 8.03 Å². The molecule has 0 aliphatic heterocycles. The Morgan fingerprint density at radius 2 is 1.65 bits per heavy atom. The van der Waals surface area contributed by atoms with Crippen LogP contribution < -0.4 is 0 Å². The molecular formula is C7H5F3O5PS+. The second kappa shape index (κ2) is 5.09. The predicted molar refractivity (Wildman–Crippen MR) is 49.2 cm³/mol. The molecule has 0 radical (unpaired) electrons. The van der Waals surface area contributed by atoms with Gasteiger partial charge in [0.05, 0.1) is 0 Å². The molecule has 94 valence electrons. The summed E-state index contributed by atoms with van der Waals surface area (Å²) in [7, 11) is -7.41. The number of halogens is 3. The fraction of sp³-hybridized carbons (Fsp3) is 0.143. The monoisotopic (exact) mass is 289 g/mol. The topological polar surface area (TPSA) is 69.7 Å². The molecule has 0 fully saturated rings. The van der Waals surface area contributed by atoms with Crippen LogP contribution in [0.4, 0.5) is 13.2 Å². The van der Waals surface area contributed by atoms with Crippen LogP contribution in [0.5, 0.6) is 0 Å².